The van der Waals surface area contributed by atoms with Gasteiger partial charge in [0.25, 0.3) is 0 Å². The number of amides is 1. The highest BCUT2D eigenvalue weighted by atomic mass is 19.1. The zero-order valence-electron chi connectivity index (χ0n) is 14.0. The molecule has 0 aliphatic heterocycles. The molecule has 0 aromatic heterocycles. The van der Waals surface area contributed by atoms with Gasteiger partial charge in [-0.05, 0) is 73.7 Å². The van der Waals surface area contributed by atoms with Crippen molar-refractivity contribution >= 4 is 12.0 Å². The van der Waals surface area contributed by atoms with E-state index < -0.39 is 0 Å². The molecular formula is C20H22FNO. The highest BCUT2D eigenvalue weighted by molar-refractivity contribution is 5.92. The molecule has 0 aliphatic rings. The number of hydrogen-bond acceptors (Lipinski definition) is 1. The zero-order chi connectivity index (χ0) is 17.0. The van der Waals surface area contributed by atoms with Gasteiger partial charge in [0.05, 0.1) is 6.04 Å². The maximum Gasteiger partial charge on any atom is 0.244 e. The predicted molar refractivity (Wildman–Crippen MR) is 92.6 cm³/mol. The second-order valence-electron chi connectivity index (χ2n) is 5.91. The Hall–Kier alpha value is -2.42. The van der Waals surface area contributed by atoms with Crippen LogP contribution in [0.1, 0.15) is 40.8 Å². The Labute approximate surface area is 137 Å². The molecule has 1 N–H and O–H groups in total. The number of hydrogen-bond donors (Lipinski definition) is 1. The molecule has 2 nitrogen and oxygen atoms in total. The quantitative estimate of drug-likeness (QED) is 0.819. The van der Waals surface area contributed by atoms with E-state index in [1.54, 1.807) is 18.2 Å². The van der Waals surface area contributed by atoms with Crippen molar-refractivity contribution in [2.75, 3.05) is 0 Å². The van der Waals surface area contributed by atoms with Gasteiger partial charge in [-0.1, -0.05) is 24.3 Å². The van der Waals surface area contributed by atoms with E-state index in [0.29, 0.717) is 0 Å². The minimum atomic E-state index is -0.287. The van der Waals surface area contributed by atoms with Crippen LogP contribution in [0.25, 0.3) is 6.08 Å². The number of carbonyl (C=O) groups excluding carboxylic acids is 1. The standard InChI is InChI=1S/C20H22FNO/c1-13-11-15(3)19(12-14(13)2)16(4)22-20(23)10-7-17-5-8-18(21)9-6-17/h5-12,16H,1-4H3,(H,22,23)/b10-7+/t16-/m0/s1. The Balaban J connectivity index is 2.05. The van der Waals surface area contributed by atoms with E-state index in [0.717, 1.165) is 11.1 Å². The molecule has 2 aromatic rings. The van der Waals surface area contributed by atoms with E-state index in [2.05, 4.69) is 38.2 Å². The number of carbonyl (C=O) groups is 1. The molecule has 0 saturated carbocycles. The number of benzene rings is 2. The lowest BCUT2D eigenvalue weighted by molar-refractivity contribution is -0.117. The smallest absolute Gasteiger partial charge is 0.244 e. The average molecular weight is 311 g/mol. The molecule has 0 radical (unpaired) electrons. The van der Waals surface area contributed by atoms with Gasteiger partial charge in [0.2, 0.25) is 5.91 Å². The number of aryl methyl sites for hydroxylation is 3. The van der Waals surface area contributed by atoms with Crippen LogP contribution in [-0.4, -0.2) is 5.91 Å². The van der Waals surface area contributed by atoms with Crippen molar-refractivity contribution in [1.29, 1.82) is 0 Å². The summed E-state index contributed by atoms with van der Waals surface area (Å²) in [7, 11) is 0. The van der Waals surface area contributed by atoms with E-state index >= 15 is 0 Å². The SMILES string of the molecule is Cc1cc(C)c([C@H](C)NC(=O)/C=C/c2ccc(F)cc2)cc1C. The summed E-state index contributed by atoms with van der Waals surface area (Å²) in [5.41, 5.74) is 5.55. The molecule has 2 rings (SSSR count). The predicted octanol–water partition coefficient (Wildman–Crippen LogP) is 4.64. The molecule has 0 spiro atoms. The molecule has 120 valence electrons. The number of nitrogens with one attached hydrogen (secondary N) is 1. The lowest BCUT2D eigenvalue weighted by atomic mass is 9.96. The molecule has 0 bridgehead atoms. The van der Waals surface area contributed by atoms with E-state index in [9.17, 15) is 9.18 Å². The van der Waals surface area contributed by atoms with Crippen molar-refractivity contribution in [3.8, 4) is 0 Å². The van der Waals surface area contributed by atoms with Crippen molar-refractivity contribution in [3.63, 3.8) is 0 Å². The minimum Gasteiger partial charge on any atom is -0.346 e. The first-order chi connectivity index (χ1) is 10.9. The van der Waals surface area contributed by atoms with Crippen LogP contribution in [0, 0.1) is 26.6 Å². The second kappa shape index (κ2) is 7.23. The molecule has 1 atom stereocenters. The summed E-state index contributed by atoms with van der Waals surface area (Å²) in [5.74, 6) is -0.454. The molecule has 0 fully saturated rings. The summed E-state index contributed by atoms with van der Waals surface area (Å²) < 4.78 is 12.8. The molecular weight excluding hydrogens is 289 g/mol. The first-order valence-corrected chi connectivity index (χ1v) is 7.68. The maximum absolute atomic E-state index is 12.8. The first-order valence-electron chi connectivity index (χ1n) is 7.68. The van der Waals surface area contributed by atoms with Gasteiger partial charge in [-0.3, -0.25) is 4.79 Å². The average Bonchev–Trinajstić information content (AvgIpc) is 2.50. The van der Waals surface area contributed by atoms with E-state index in [4.69, 9.17) is 0 Å². The van der Waals surface area contributed by atoms with Crippen molar-refractivity contribution in [2.45, 2.75) is 33.7 Å². The fraction of sp³-hybridized carbons (Fsp3) is 0.250. The molecule has 0 saturated heterocycles. The molecule has 1 amide bonds. The Kier molecular flexibility index (Phi) is 5.32. The van der Waals surface area contributed by atoms with Gasteiger partial charge >= 0.3 is 0 Å². The van der Waals surface area contributed by atoms with Crippen molar-refractivity contribution in [3.05, 3.63) is 76.1 Å². The van der Waals surface area contributed by atoms with Gasteiger partial charge in [0.15, 0.2) is 0 Å². The summed E-state index contributed by atoms with van der Waals surface area (Å²) in [4.78, 5) is 12.1. The van der Waals surface area contributed by atoms with Crippen LogP contribution in [0.15, 0.2) is 42.5 Å². The molecule has 0 aliphatic carbocycles. The van der Waals surface area contributed by atoms with Crippen LogP contribution in [-0.2, 0) is 4.79 Å². The Morgan fingerprint density at radius 1 is 1.04 bits per heavy atom. The minimum absolute atomic E-state index is 0.0698. The van der Waals surface area contributed by atoms with Gasteiger partial charge in [0.1, 0.15) is 5.82 Å². The van der Waals surface area contributed by atoms with Gasteiger partial charge in [-0.2, -0.15) is 0 Å². The molecule has 2 aromatic carbocycles. The molecule has 0 heterocycles. The van der Waals surface area contributed by atoms with Crippen molar-refractivity contribution in [2.24, 2.45) is 0 Å². The van der Waals surface area contributed by atoms with Crippen LogP contribution in [0.4, 0.5) is 4.39 Å². The van der Waals surface area contributed by atoms with Gasteiger partial charge in [-0.15, -0.1) is 0 Å². The summed E-state index contributed by atoms with van der Waals surface area (Å²) in [6.45, 7) is 8.18. The number of rotatable bonds is 4. The summed E-state index contributed by atoms with van der Waals surface area (Å²) in [5, 5.41) is 2.97. The van der Waals surface area contributed by atoms with Crippen LogP contribution in [0.2, 0.25) is 0 Å². The van der Waals surface area contributed by atoms with Gasteiger partial charge < -0.3 is 5.32 Å². The molecule has 23 heavy (non-hydrogen) atoms. The fourth-order valence-corrected chi connectivity index (χ4v) is 2.53. The van der Waals surface area contributed by atoms with Crippen LogP contribution >= 0.6 is 0 Å². The molecule has 0 unspecified atom stereocenters. The third-order valence-corrected chi connectivity index (χ3v) is 4.00. The highest BCUT2D eigenvalue weighted by Gasteiger charge is 2.11. The largest absolute Gasteiger partial charge is 0.346 e. The zero-order valence-corrected chi connectivity index (χ0v) is 14.0. The fourth-order valence-electron chi connectivity index (χ4n) is 2.53. The second-order valence-corrected chi connectivity index (χ2v) is 5.91. The Morgan fingerprint density at radius 2 is 1.65 bits per heavy atom. The third kappa shape index (κ3) is 4.52. The third-order valence-electron chi connectivity index (χ3n) is 4.00. The Bertz CT molecular complexity index is 732. The topological polar surface area (TPSA) is 29.1 Å². The monoisotopic (exact) mass is 311 g/mol. The van der Waals surface area contributed by atoms with E-state index in [-0.39, 0.29) is 17.8 Å². The van der Waals surface area contributed by atoms with Crippen molar-refractivity contribution < 1.29 is 9.18 Å². The normalized spacial score (nSPS) is 12.4. The Morgan fingerprint density at radius 3 is 2.30 bits per heavy atom. The van der Waals surface area contributed by atoms with Crippen LogP contribution in [0.3, 0.4) is 0 Å². The number of halogens is 1. The van der Waals surface area contributed by atoms with Gasteiger partial charge in [0, 0.05) is 6.08 Å². The highest BCUT2D eigenvalue weighted by Crippen LogP contribution is 2.21. The lowest BCUT2D eigenvalue weighted by Gasteiger charge is -2.17. The van der Waals surface area contributed by atoms with Crippen LogP contribution in [0.5, 0.6) is 0 Å². The first kappa shape index (κ1) is 16.9. The lowest BCUT2D eigenvalue weighted by Crippen LogP contribution is -2.25. The van der Waals surface area contributed by atoms with Crippen molar-refractivity contribution in [1.82, 2.24) is 5.32 Å². The maximum atomic E-state index is 12.8. The van der Waals surface area contributed by atoms with Crippen LogP contribution < -0.4 is 5.32 Å². The summed E-state index contributed by atoms with van der Waals surface area (Å²) in [6, 6.07) is 10.2. The summed E-state index contributed by atoms with van der Waals surface area (Å²) >= 11 is 0. The van der Waals surface area contributed by atoms with E-state index in [1.165, 1.54) is 34.9 Å². The summed E-state index contributed by atoms with van der Waals surface area (Å²) in [6.07, 6.45) is 3.15. The van der Waals surface area contributed by atoms with E-state index in [1.807, 2.05) is 6.92 Å². The van der Waals surface area contributed by atoms with Gasteiger partial charge in [-0.25, -0.2) is 4.39 Å². The molecule has 3 heteroatoms.